The lowest BCUT2D eigenvalue weighted by atomic mass is 9.52. The van der Waals surface area contributed by atoms with E-state index in [2.05, 4.69) is 5.32 Å². The van der Waals surface area contributed by atoms with Gasteiger partial charge in [-0.2, -0.15) is 0 Å². The molecule has 0 aromatic heterocycles. The number of aliphatic carboxylic acids is 1. The van der Waals surface area contributed by atoms with Gasteiger partial charge in [0, 0.05) is 23.6 Å². The minimum absolute atomic E-state index is 0.00523. The van der Waals surface area contributed by atoms with Crippen molar-refractivity contribution in [1.82, 2.24) is 5.32 Å². The molecule has 2 aromatic rings. The molecule has 2 aromatic carbocycles. The summed E-state index contributed by atoms with van der Waals surface area (Å²) in [5.74, 6) is -4.86. The van der Waals surface area contributed by atoms with E-state index in [0.29, 0.717) is 18.4 Å². The van der Waals surface area contributed by atoms with Gasteiger partial charge in [0.2, 0.25) is 6.10 Å². The number of carboxylic acid groups (broad SMARTS) is 1. The van der Waals surface area contributed by atoms with Crippen LogP contribution in [-0.4, -0.2) is 81.3 Å². The maximum atomic E-state index is 13.1. The number of hydrogen-bond donors (Lipinski definition) is 5. The van der Waals surface area contributed by atoms with Crippen LogP contribution < -0.4 is 10.1 Å². The standard InChI is InChI=1S/C32H35NO12/c1-4-31-24-18-10-11-19(34)26(24)45-27(31)21(12-13-32(31,41)22(14-18)33-3)43-29(39)20(35)15-23(36)44-25(17-8-6-5-7-9-17)30(40)42-16(2)28(37)38/h5-12,16,20,22,25,27,33-35,41H,4,13-15H2,1-3H3,(H,37,38)/t16-,20-,22+,25-,27-,31-,32+/m0/s1. The summed E-state index contributed by atoms with van der Waals surface area (Å²) in [5.41, 5.74) is -0.776. The fourth-order valence-electron chi connectivity index (χ4n) is 6.75. The van der Waals surface area contributed by atoms with E-state index in [9.17, 15) is 34.5 Å². The summed E-state index contributed by atoms with van der Waals surface area (Å²) < 4.78 is 21.9. The van der Waals surface area contributed by atoms with Gasteiger partial charge in [-0.3, -0.25) is 4.79 Å². The molecule has 7 atom stereocenters. The Bertz CT molecular complexity index is 1540. The molecule has 2 aliphatic carbocycles. The van der Waals surface area contributed by atoms with E-state index in [1.165, 1.54) is 24.3 Å². The molecule has 0 saturated carbocycles. The van der Waals surface area contributed by atoms with E-state index in [4.69, 9.17) is 24.1 Å². The molecule has 0 fully saturated rings. The topological polar surface area (TPSA) is 198 Å². The van der Waals surface area contributed by atoms with Crippen LogP contribution >= 0.6 is 0 Å². The molecule has 240 valence electrons. The largest absolute Gasteiger partial charge is 0.504 e. The highest BCUT2D eigenvalue weighted by molar-refractivity contribution is 5.86. The quantitative estimate of drug-likeness (QED) is 0.178. The number of aliphatic hydroxyl groups is 2. The second kappa shape index (κ2) is 12.1. The molecule has 0 amide bonds. The van der Waals surface area contributed by atoms with Crippen LogP contribution in [0.1, 0.15) is 55.9 Å². The molecule has 0 saturated heterocycles. The highest BCUT2D eigenvalue weighted by Gasteiger charge is 2.69. The van der Waals surface area contributed by atoms with Gasteiger partial charge in [0.1, 0.15) is 5.76 Å². The lowest BCUT2D eigenvalue weighted by molar-refractivity contribution is -0.178. The van der Waals surface area contributed by atoms with E-state index in [1.807, 2.05) is 6.92 Å². The Morgan fingerprint density at radius 2 is 1.80 bits per heavy atom. The van der Waals surface area contributed by atoms with Gasteiger partial charge in [0.15, 0.2) is 29.8 Å². The van der Waals surface area contributed by atoms with Crippen molar-refractivity contribution in [3.63, 3.8) is 0 Å². The molecule has 5 N–H and O–H groups in total. The van der Waals surface area contributed by atoms with Gasteiger partial charge in [0.25, 0.3) is 0 Å². The van der Waals surface area contributed by atoms with Crippen molar-refractivity contribution >= 4 is 23.9 Å². The number of carbonyl (C=O) groups excluding carboxylic acids is 3. The van der Waals surface area contributed by atoms with Crippen LogP contribution in [0, 0.1) is 0 Å². The summed E-state index contributed by atoms with van der Waals surface area (Å²) in [7, 11) is 1.74. The Kier molecular flexibility index (Phi) is 8.62. The Morgan fingerprint density at radius 1 is 1.09 bits per heavy atom. The smallest absolute Gasteiger partial charge is 0.353 e. The highest BCUT2D eigenvalue weighted by Crippen LogP contribution is 2.63. The number of benzene rings is 2. The molecule has 45 heavy (non-hydrogen) atoms. The molecule has 1 aliphatic heterocycles. The van der Waals surface area contributed by atoms with E-state index < -0.39 is 65.7 Å². The Balaban J connectivity index is 1.33. The number of nitrogens with one attached hydrogen (secondary N) is 1. The van der Waals surface area contributed by atoms with E-state index in [-0.39, 0.29) is 35.3 Å². The van der Waals surface area contributed by atoms with Crippen LogP contribution in [0.2, 0.25) is 0 Å². The molecule has 5 rings (SSSR count). The Morgan fingerprint density at radius 3 is 2.44 bits per heavy atom. The van der Waals surface area contributed by atoms with Gasteiger partial charge in [0.05, 0.1) is 17.4 Å². The van der Waals surface area contributed by atoms with Crippen LogP contribution in [-0.2, 0) is 45.2 Å². The summed E-state index contributed by atoms with van der Waals surface area (Å²) in [4.78, 5) is 49.8. The van der Waals surface area contributed by atoms with Crippen molar-refractivity contribution in [2.45, 2.75) is 81.0 Å². The predicted octanol–water partition coefficient (Wildman–Crippen LogP) is 1.56. The number of carbonyl (C=O) groups is 4. The number of phenolic OH excluding ortho intramolecular Hbond substituents is 1. The zero-order valence-corrected chi connectivity index (χ0v) is 24.9. The molecule has 13 heteroatoms. The van der Waals surface area contributed by atoms with Crippen molar-refractivity contribution < 1.29 is 58.6 Å². The monoisotopic (exact) mass is 625 g/mol. The zero-order valence-electron chi connectivity index (χ0n) is 24.9. The average molecular weight is 626 g/mol. The summed E-state index contributed by atoms with van der Waals surface area (Å²) in [5, 5.41) is 45.7. The SMILES string of the molecule is CC[C@]12c3c4ccc(O)c3O[C@H]1C(OC(=O)[C@@H](O)CC(=O)O[C@H](C(=O)O[C@@H](C)C(=O)O)c1ccccc1)=CC[C@@]2(O)[C@H](NC)C4. The number of esters is 3. The van der Waals surface area contributed by atoms with Crippen molar-refractivity contribution in [2.24, 2.45) is 0 Å². The van der Waals surface area contributed by atoms with E-state index in [0.717, 1.165) is 12.5 Å². The van der Waals surface area contributed by atoms with Gasteiger partial charge >= 0.3 is 23.9 Å². The van der Waals surface area contributed by atoms with Gasteiger partial charge < -0.3 is 44.7 Å². The number of likely N-dealkylation sites (N-methyl/N-ethyl adjacent to an activating group) is 1. The van der Waals surface area contributed by atoms with Gasteiger partial charge in [-0.1, -0.05) is 43.3 Å². The molecule has 0 bridgehead atoms. The molecular formula is C32H35NO12. The maximum absolute atomic E-state index is 13.1. The fourth-order valence-corrected chi connectivity index (χ4v) is 6.75. The molecule has 3 aliphatic rings. The third kappa shape index (κ3) is 5.30. The lowest BCUT2D eigenvalue weighted by Crippen LogP contribution is -2.70. The fraction of sp³-hybridized carbons (Fsp3) is 0.438. The van der Waals surface area contributed by atoms with Crippen LogP contribution in [0.4, 0.5) is 0 Å². The predicted molar refractivity (Wildman–Crippen MR) is 154 cm³/mol. The molecule has 0 radical (unpaired) electrons. The number of hydrogen-bond acceptors (Lipinski definition) is 12. The number of carboxylic acids is 1. The third-order valence-electron chi connectivity index (χ3n) is 8.96. The summed E-state index contributed by atoms with van der Waals surface area (Å²) >= 11 is 0. The first-order valence-corrected chi connectivity index (χ1v) is 14.6. The number of phenols is 1. The first-order valence-electron chi connectivity index (χ1n) is 14.6. The zero-order chi connectivity index (χ0) is 32.7. The number of rotatable bonds is 11. The van der Waals surface area contributed by atoms with Gasteiger partial charge in [-0.25, -0.2) is 14.4 Å². The van der Waals surface area contributed by atoms with Crippen molar-refractivity contribution in [2.75, 3.05) is 7.05 Å². The lowest BCUT2D eigenvalue weighted by Gasteiger charge is -2.56. The summed E-state index contributed by atoms with van der Waals surface area (Å²) in [6.07, 6.45) is -4.74. The van der Waals surface area contributed by atoms with Crippen LogP contribution in [0.25, 0.3) is 0 Å². The summed E-state index contributed by atoms with van der Waals surface area (Å²) in [6.45, 7) is 3.00. The molecule has 0 unspecified atom stereocenters. The van der Waals surface area contributed by atoms with E-state index >= 15 is 0 Å². The first kappa shape index (κ1) is 31.9. The molecule has 1 heterocycles. The first-order chi connectivity index (χ1) is 21.4. The minimum Gasteiger partial charge on any atom is -0.504 e. The highest BCUT2D eigenvalue weighted by atomic mass is 16.6. The second-order valence-corrected chi connectivity index (χ2v) is 11.4. The van der Waals surface area contributed by atoms with Gasteiger partial charge in [-0.05, 0) is 44.5 Å². The van der Waals surface area contributed by atoms with Crippen LogP contribution in [0.5, 0.6) is 11.5 Å². The van der Waals surface area contributed by atoms with Crippen molar-refractivity contribution in [3.8, 4) is 11.5 Å². The second-order valence-electron chi connectivity index (χ2n) is 11.4. The number of aliphatic hydroxyl groups excluding tert-OH is 1. The average Bonchev–Trinajstić information content (AvgIpc) is 3.40. The molecule has 13 nitrogen and oxygen atoms in total. The minimum atomic E-state index is -2.02. The molecular weight excluding hydrogens is 590 g/mol. The number of aromatic hydroxyl groups is 1. The normalized spacial score (nSPS) is 26.3. The van der Waals surface area contributed by atoms with Gasteiger partial charge in [-0.15, -0.1) is 0 Å². The van der Waals surface area contributed by atoms with E-state index in [1.54, 1.807) is 31.3 Å². The third-order valence-corrected chi connectivity index (χ3v) is 8.96. The molecule has 0 spiro atoms. The maximum Gasteiger partial charge on any atom is 0.353 e. The van der Waals surface area contributed by atoms with Crippen molar-refractivity contribution in [3.05, 3.63) is 71.0 Å². The number of ether oxygens (including phenoxy) is 4. The Labute approximate surface area is 258 Å². The van der Waals surface area contributed by atoms with Crippen molar-refractivity contribution in [1.29, 1.82) is 0 Å². The Hall–Kier alpha value is -4.46. The van der Waals surface area contributed by atoms with Crippen LogP contribution in [0.3, 0.4) is 0 Å². The summed E-state index contributed by atoms with van der Waals surface area (Å²) in [6, 6.07) is 10.6. The van der Waals surface area contributed by atoms with Crippen LogP contribution in [0.15, 0.2) is 54.3 Å².